The predicted octanol–water partition coefficient (Wildman–Crippen LogP) is 1.16. The number of benzene rings is 1. The van der Waals surface area contributed by atoms with Crippen molar-refractivity contribution in [3.63, 3.8) is 0 Å². The molecule has 0 unspecified atom stereocenters. The minimum absolute atomic E-state index is 0.0588. The Hall–Kier alpha value is -3.13. The molecule has 0 spiro atoms. The Bertz CT molecular complexity index is 791. The summed E-state index contributed by atoms with van der Waals surface area (Å²) in [6.45, 7) is 1.24. The molecular formula is C20H24N3O5+. The van der Waals surface area contributed by atoms with E-state index in [9.17, 15) is 19.9 Å². The second kappa shape index (κ2) is 9.18. The number of hydrogen-bond donors (Lipinski definition) is 3. The van der Waals surface area contributed by atoms with Gasteiger partial charge >= 0.3 is 6.09 Å². The number of pyridine rings is 1. The molecule has 0 radical (unpaired) electrons. The van der Waals surface area contributed by atoms with Crippen molar-refractivity contribution in [3.05, 3.63) is 66.0 Å². The van der Waals surface area contributed by atoms with Crippen LogP contribution < -0.4 is 10.0 Å². The molecule has 8 heteroatoms. The Morgan fingerprint density at radius 2 is 1.75 bits per heavy atom. The first kappa shape index (κ1) is 19.6. The summed E-state index contributed by atoms with van der Waals surface area (Å²) in [4.78, 5) is 26.8. The van der Waals surface area contributed by atoms with Gasteiger partial charge in [-0.3, -0.25) is 10.0 Å². The first-order chi connectivity index (χ1) is 13.5. The molecule has 2 atom stereocenters. The number of likely N-dealkylation sites (tertiary alicyclic amines) is 1. The van der Waals surface area contributed by atoms with Gasteiger partial charge in [-0.15, -0.1) is 0 Å². The Morgan fingerprint density at radius 1 is 1.11 bits per heavy atom. The zero-order valence-electron chi connectivity index (χ0n) is 15.4. The van der Waals surface area contributed by atoms with Crippen LogP contribution in [0, 0.1) is 0 Å². The molecule has 2 amide bonds. The molecule has 8 nitrogen and oxygen atoms in total. The van der Waals surface area contributed by atoms with E-state index >= 15 is 0 Å². The summed E-state index contributed by atoms with van der Waals surface area (Å²) >= 11 is 0. The third kappa shape index (κ3) is 4.98. The number of carbonyl (C=O) groups is 2. The van der Waals surface area contributed by atoms with Crippen molar-refractivity contribution in [1.29, 1.82) is 0 Å². The van der Waals surface area contributed by atoms with Gasteiger partial charge in [0.15, 0.2) is 0 Å². The van der Waals surface area contributed by atoms with E-state index in [-0.39, 0.29) is 12.5 Å². The molecule has 1 fully saturated rings. The van der Waals surface area contributed by atoms with Gasteiger partial charge in [-0.1, -0.05) is 30.3 Å². The quantitative estimate of drug-likeness (QED) is 0.511. The molecule has 148 valence electrons. The molecule has 3 N–H and O–H groups in total. The van der Waals surface area contributed by atoms with E-state index in [1.54, 1.807) is 4.90 Å². The van der Waals surface area contributed by atoms with Crippen LogP contribution in [0.25, 0.3) is 0 Å². The lowest BCUT2D eigenvalue weighted by Crippen LogP contribution is -2.51. The van der Waals surface area contributed by atoms with E-state index in [4.69, 9.17) is 4.74 Å². The number of aliphatic hydroxyl groups excluding tert-OH is 1. The highest BCUT2D eigenvalue weighted by Gasteiger charge is 2.35. The summed E-state index contributed by atoms with van der Waals surface area (Å²) in [5.74, 6) is -0.359. The molecule has 2 heterocycles. The molecule has 1 saturated heterocycles. The molecular weight excluding hydrogens is 362 g/mol. The maximum atomic E-state index is 12.9. The van der Waals surface area contributed by atoms with Crippen molar-refractivity contribution >= 4 is 12.0 Å². The van der Waals surface area contributed by atoms with E-state index in [1.807, 2.05) is 30.3 Å². The minimum Gasteiger partial charge on any atom is -0.445 e. The summed E-state index contributed by atoms with van der Waals surface area (Å²) in [6.07, 6.45) is 2.39. The van der Waals surface area contributed by atoms with Crippen LogP contribution in [0.5, 0.6) is 0 Å². The first-order valence-corrected chi connectivity index (χ1v) is 9.19. The van der Waals surface area contributed by atoms with Gasteiger partial charge in [-0.2, -0.15) is 0 Å². The normalized spacial score (nSPS) is 15.7. The summed E-state index contributed by atoms with van der Waals surface area (Å²) in [7, 11) is 0. The molecule has 28 heavy (non-hydrogen) atoms. The van der Waals surface area contributed by atoms with Crippen LogP contribution in [0.3, 0.4) is 0 Å². The van der Waals surface area contributed by atoms with Crippen molar-refractivity contribution in [3.8, 4) is 0 Å². The van der Waals surface area contributed by atoms with Gasteiger partial charge in [0, 0.05) is 30.0 Å². The van der Waals surface area contributed by atoms with Gasteiger partial charge in [0.1, 0.15) is 18.8 Å². The Balaban J connectivity index is 1.70. The van der Waals surface area contributed by atoms with Crippen molar-refractivity contribution in [2.75, 3.05) is 13.1 Å². The second-order valence-corrected chi connectivity index (χ2v) is 6.67. The number of carbonyl (C=O) groups excluding carboxylic acids is 2. The number of ether oxygens (including phenoxy) is 1. The van der Waals surface area contributed by atoms with E-state index in [0.717, 1.165) is 23.1 Å². The SMILES string of the molecule is O=C(N[C@@H](C(=O)N1CCCC1)[C@@H](O)c1cc[n+](O)cc1)OCc1ccccc1. The highest BCUT2D eigenvalue weighted by molar-refractivity contribution is 5.86. The molecule has 0 saturated carbocycles. The minimum atomic E-state index is -1.28. The van der Waals surface area contributed by atoms with Crippen LogP contribution in [0.4, 0.5) is 4.79 Å². The topological polar surface area (TPSA) is 103 Å². The van der Waals surface area contributed by atoms with Crippen LogP contribution in [0.1, 0.15) is 30.1 Å². The lowest BCUT2D eigenvalue weighted by Gasteiger charge is -2.27. The fourth-order valence-electron chi connectivity index (χ4n) is 3.12. The Morgan fingerprint density at radius 3 is 2.39 bits per heavy atom. The third-order valence-corrected chi connectivity index (χ3v) is 4.67. The standard InChI is InChI=1S/C20H23N3O5/c24-18(16-8-12-23(27)13-9-16)17(19(25)22-10-4-5-11-22)21-20(26)28-14-15-6-2-1-3-7-15/h1-3,6-9,12-13,17-18,24H,4-5,10-11,14H2,(H-,21,26,27)/p+1/t17-,18+/m1/s1. The Kier molecular flexibility index (Phi) is 6.44. The number of rotatable bonds is 6. The molecule has 1 aromatic heterocycles. The fourth-order valence-corrected chi connectivity index (χ4v) is 3.12. The van der Waals surface area contributed by atoms with Crippen molar-refractivity contribution in [2.24, 2.45) is 0 Å². The van der Waals surface area contributed by atoms with Gasteiger partial charge in [-0.05, 0) is 24.0 Å². The van der Waals surface area contributed by atoms with Crippen LogP contribution in [0.15, 0.2) is 54.9 Å². The summed E-state index contributed by atoms with van der Waals surface area (Å²) in [5.41, 5.74) is 1.21. The van der Waals surface area contributed by atoms with Gasteiger partial charge in [0.25, 0.3) is 0 Å². The van der Waals surface area contributed by atoms with Crippen LogP contribution in [-0.2, 0) is 16.1 Å². The molecule has 1 aliphatic heterocycles. The highest BCUT2D eigenvalue weighted by atomic mass is 16.5. The second-order valence-electron chi connectivity index (χ2n) is 6.67. The average Bonchev–Trinajstić information content (AvgIpc) is 3.26. The number of amides is 2. The van der Waals surface area contributed by atoms with Crippen molar-refractivity contribution in [1.82, 2.24) is 10.2 Å². The summed E-state index contributed by atoms with van der Waals surface area (Å²) in [5, 5.41) is 22.6. The van der Waals surface area contributed by atoms with Crippen LogP contribution in [-0.4, -0.2) is 46.3 Å². The third-order valence-electron chi connectivity index (χ3n) is 4.67. The number of aliphatic hydroxyl groups is 1. The van der Waals surface area contributed by atoms with Crippen LogP contribution >= 0.6 is 0 Å². The van der Waals surface area contributed by atoms with E-state index in [1.165, 1.54) is 24.5 Å². The first-order valence-electron chi connectivity index (χ1n) is 9.19. The smallest absolute Gasteiger partial charge is 0.408 e. The van der Waals surface area contributed by atoms with E-state index in [2.05, 4.69) is 5.32 Å². The van der Waals surface area contributed by atoms with E-state index < -0.39 is 18.2 Å². The van der Waals surface area contributed by atoms with Crippen molar-refractivity contribution < 1.29 is 29.4 Å². The number of nitrogens with zero attached hydrogens (tertiary/aromatic N) is 2. The van der Waals surface area contributed by atoms with E-state index in [0.29, 0.717) is 18.7 Å². The molecule has 2 aromatic rings. The molecule has 0 aliphatic carbocycles. The van der Waals surface area contributed by atoms with Crippen LogP contribution in [0.2, 0.25) is 0 Å². The molecule has 3 rings (SSSR count). The van der Waals surface area contributed by atoms with Gasteiger partial charge < -0.3 is 20.1 Å². The number of aromatic nitrogens is 1. The number of nitrogens with one attached hydrogen (secondary N) is 1. The average molecular weight is 386 g/mol. The van der Waals surface area contributed by atoms with Gasteiger partial charge in [0.05, 0.1) is 0 Å². The molecule has 1 aromatic carbocycles. The maximum absolute atomic E-state index is 12.9. The number of hydrogen-bond acceptors (Lipinski definition) is 5. The zero-order chi connectivity index (χ0) is 19.9. The largest absolute Gasteiger partial charge is 0.445 e. The molecule has 1 aliphatic rings. The fraction of sp³-hybridized carbons (Fsp3) is 0.350. The number of alkyl carbamates (subject to hydrolysis) is 1. The monoisotopic (exact) mass is 386 g/mol. The molecule has 0 bridgehead atoms. The Labute approximate surface area is 162 Å². The highest BCUT2D eigenvalue weighted by Crippen LogP contribution is 2.20. The van der Waals surface area contributed by atoms with Gasteiger partial charge in [0.2, 0.25) is 18.3 Å². The lowest BCUT2D eigenvalue weighted by molar-refractivity contribution is -0.904. The van der Waals surface area contributed by atoms with Crippen molar-refractivity contribution in [2.45, 2.75) is 31.6 Å². The zero-order valence-corrected chi connectivity index (χ0v) is 15.4. The maximum Gasteiger partial charge on any atom is 0.408 e. The summed E-state index contributed by atoms with van der Waals surface area (Å²) < 4.78 is 6.03. The lowest BCUT2D eigenvalue weighted by atomic mass is 10.0. The predicted molar refractivity (Wildman–Crippen MR) is 98.1 cm³/mol. The van der Waals surface area contributed by atoms with Gasteiger partial charge in [-0.25, -0.2) is 4.79 Å². The summed E-state index contributed by atoms with van der Waals surface area (Å²) in [6, 6.07) is 11.0.